The molecular formula is C26H38. The van der Waals surface area contributed by atoms with Crippen LogP contribution in [0.2, 0.25) is 0 Å². The predicted molar refractivity (Wildman–Crippen MR) is 118 cm³/mol. The summed E-state index contributed by atoms with van der Waals surface area (Å²) in [4.78, 5) is 0. The normalized spacial score (nSPS) is 11.2. The summed E-state index contributed by atoms with van der Waals surface area (Å²) in [5.41, 5.74) is 14.1. The first-order valence-corrected chi connectivity index (χ1v) is 10.9. The highest BCUT2D eigenvalue weighted by atomic mass is 14.3. The molecule has 2 aromatic rings. The van der Waals surface area contributed by atoms with Crippen molar-refractivity contribution in [2.75, 3.05) is 0 Å². The van der Waals surface area contributed by atoms with E-state index in [1.807, 2.05) is 0 Å². The van der Waals surface area contributed by atoms with E-state index in [1.54, 1.807) is 33.4 Å². The number of rotatable bonds is 8. The lowest BCUT2D eigenvalue weighted by Crippen LogP contribution is -2.10. The third-order valence-corrected chi connectivity index (χ3v) is 5.99. The molecular weight excluding hydrogens is 312 g/mol. The lowest BCUT2D eigenvalue weighted by molar-refractivity contribution is 0.917. The second kappa shape index (κ2) is 9.40. The molecule has 142 valence electrons. The molecule has 0 bridgehead atoms. The highest BCUT2D eigenvalue weighted by Gasteiger charge is 2.21. The van der Waals surface area contributed by atoms with Gasteiger partial charge in [0.05, 0.1) is 0 Å². The van der Waals surface area contributed by atoms with Crippen molar-refractivity contribution in [3.8, 4) is 11.1 Å². The van der Waals surface area contributed by atoms with E-state index in [0.717, 1.165) is 44.9 Å². The van der Waals surface area contributed by atoms with Crippen LogP contribution in [0.1, 0.15) is 87.4 Å². The molecule has 0 fully saturated rings. The zero-order chi connectivity index (χ0) is 19.3. The first kappa shape index (κ1) is 20.7. The molecule has 0 aliphatic heterocycles. The summed E-state index contributed by atoms with van der Waals surface area (Å²) in [5, 5.41) is 0. The van der Waals surface area contributed by atoms with Gasteiger partial charge in [0.25, 0.3) is 0 Å². The predicted octanol–water partition coefficient (Wildman–Crippen LogP) is 7.29. The van der Waals surface area contributed by atoms with Gasteiger partial charge in [-0.05, 0) is 95.0 Å². The molecule has 0 atom stereocenters. The van der Waals surface area contributed by atoms with Crippen LogP contribution < -0.4 is 0 Å². The van der Waals surface area contributed by atoms with Crippen LogP contribution in [0.25, 0.3) is 11.1 Å². The fourth-order valence-corrected chi connectivity index (χ4v) is 4.75. The van der Waals surface area contributed by atoms with Gasteiger partial charge in [0, 0.05) is 0 Å². The van der Waals surface area contributed by atoms with Gasteiger partial charge in [-0.1, -0.05) is 66.7 Å². The highest BCUT2D eigenvalue weighted by Crippen LogP contribution is 2.38. The Hall–Kier alpha value is -1.56. The van der Waals surface area contributed by atoms with Crippen LogP contribution in [0.4, 0.5) is 0 Å². The van der Waals surface area contributed by atoms with Gasteiger partial charge in [0.2, 0.25) is 0 Å². The average molecular weight is 351 g/mol. The zero-order valence-electron chi connectivity index (χ0n) is 18.2. The maximum atomic E-state index is 2.46. The van der Waals surface area contributed by atoms with Gasteiger partial charge in [0.1, 0.15) is 0 Å². The largest absolute Gasteiger partial charge is 0.0613 e. The maximum absolute atomic E-state index is 2.46. The van der Waals surface area contributed by atoms with Crippen LogP contribution in [0.15, 0.2) is 18.2 Å². The van der Waals surface area contributed by atoms with Crippen molar-refractivity contribution in [2.45, 2.75) is 93.4 Å². The Morgan fingerprint density at radius 3 is 1.08 bits per heavy atom. The lowest BCUT2D eigenvalue weighted by atomic mass is 9.79. The second-order valence-electron chi connectivity index (χ2n) is 7.28. The molecule has 0 aliphatic rings. The molecule has 0 heterocycles. The van der Waals surface area contributed by atoms with Crippen LogP contribution in [0.3, 0.4) is 0 Å². The van der Waals surface area contributed by atoms with Crippen LogP contribution in [-0.4, -0.2) is 0 Å². The van der Waals surface area contributed by atoms with Crippen molar-refractivity contribution < 1.29 is 0 Å². The topological polar surface area (TPSA) is 0 Å². The SMILES string of the molecule is CCc1cc(CC)cc(-c2c(CC)c(CC)c(CC)c(CC)c2CC)c1. The minimum absolute atomic E-state index is 1.11. The molecule has 0 radical (unpaired) electrons. The van der Waals surface area contributed by atoms with Crippen molar-refractivity contribution in [2.24, 2.45) is 0 Å². The van der Waals surface area contributed by atoms with E-state index >= 15 is 0 Å². The van der Waals surface area contributed by atoms with E-state index in [4.69, 9.17) is 0 Å². The Balaban J connectivity index is 2.95. The number of hydrogen-bond donors (Lipinski definition) is 0. The fourth-order valence-electron chi connectivity index (χ4n) is 4.75. The Bertz CT molecular complexity index is 694. The quantitative estimate of drug-likeness (QED) is 0.469. The van der Waals surface area contributed by atoms with Crippen molar-refractivity contribution >= 4 is 0 Å². The van der Waals surface area contributed by atoms with E-state index in [0.29, 0.717) is 0 Å². The summed E-state index contributed by atoms with van der Waals surface area (Å²) in [6, 6.07) is 7.30. The van der Waals surface area contributed by atoms with Crippen molar-refractivity contribution in [3.63, 3.8) is 0 Å². The highest BCUT2D eigenvalue weighted by molar-refractivity contribution is 5.76. The van der Waals surface area contributed by atoms with E-state index in [2.05, 4.69) is 66.7 Å². The molecule has 26 heavy (non-hydrogen) atoms. The second-order valence-corrected chi connectivity index (χ2v) is 7.28. The molecule has 2 rings (SSSR count). The molecule has 0 nitrogen and oxygen atoms in total. The van der Waals surface area contributed by atoms with Gasteiger partial charge in [0.15, 0.2) is 0 Å². The first-order valence-electron chi connectivity index (χ1n) is 10.9. The van der Waals surface area contributed by atoms with Crippen LogP contribution in [0.5, 0.6) is 0 Å². The summed E-state index contributed by atoms with van der Waals surface area (Å²) in [6.45, 7) is 16.2. The minimum atomic E-state index is 1.11. The zero-order valence-corrected chi connectivity index (χ0v) is 18.2. The molecule has 0 spiro atoms. The van der Waals surface area contributed by atoms with Gasteiger partial charge in [-0.15, -0.1) is 0 Å². The van der Waals surface area contributed by atoms with Crippen LogP contribution in [-0.2, 0) is 44.9 Å². The van der Waals surface area contributed by atoms with Crippen molar-refractivity contribution in [1.82, 2.24) is 0 Å². The average Bonchev–Trinajstić information content (AvgIpc) is 2.70. The Morgan fingerprint density at radius 1 is 0.423 bits per heavy atom. The van der Waals surface area contributed by atoms with Crippen molar-refractivity contribution in [3.05, 3.63) is 57.1 Å². The fraction of sp³-hybridized carbons (Fsp3) is 0.538. The van der Waals surface area contributed by atoms with E-state index in [-0.39, 0.29) is 0 Å². The van der Waals surface area contributed by atoms with Gasteiger partial charge < -0.3 is 0 Å². The Labute approximate surface area is 162 Å². The first-order chi connectivity index (χ1) is 12.6. The number of hydrogen-bond acceptors (Lipinski definition) is 0. The van der Waals surface area contributed by atoms with Gasteiger partial charge in [-0.3, -0.25) is 0 Å². The van der Waals surface area contributed by atoms with E-state index in [1.165, 1.54) is 16.7 Å². The molecule has 0 amide bonds. The third kappa shape index (κ3) is 3.75. The monoisotopic (exact) mass is 350 g/mol. The Kier molecular flexibility index (Phi) is 7.50. The van der Waals surface area contributed by atoms with Crippen LogP contribution in [0, 0.1) is 0 Å². The smallest absolute Gasteiger partial charge is 0.0114 e. The van der Waals surface area contributed by atoms with Gasteiger partial charge in [-0.2, -0.15) is 0 Å². The van der Waals surface area contributed by atoms with Gasteiger partial charge in [-0.25, -0.2) is 0 Å². The van der Waals surface area contributed by atoms with E-state index in [9.17, 15) is 0 Å². The molecule has 0 aromatic heterocycles. The van der Waals surface area contributed by atoms with E-state index < -0.39 is 0 Å². The standard InChI is InChI=1S/C26H38/c1-8-18-15-19(9-2)17-20(16-18)26-24(13-6)22(11-4)21(10-3)23(12-5)25(26)14-7/h15-17H,8-14H2,1-7H3. The molecule has 0 unspecified atom stereocenters. The molecule has 0 heteroatoms. The number of aryl methyl sites for hydroxylation is 2. The summed E-state index contributed by atoms with van der Waals surface area (Å²) in [7, 11) is 0. The minimum Gasteiger partial charge on any atom is -0.0613 e. The van der Waals surface area contributed by atoms with Gasteiger partial charge >= 0.3 is 0 Å². The Morgan fingerprint density at radius 2 is 0.769 bits per heavy atom. The maximum Gasteiger partial charge on any atom is -0.0114 e. The molecule has 0 saturated heterocycles. The third-order valence-electron chi connectivity index (χ3n) is 5.99. The number of benzene rings is 2. The summed E-state index contributed by atoms with van der Waals surface area (Å²) in [5.74, 6) is 0. The summed E-state index contributed by atoms with van der Waals surface area (Å²) < 4.78 is 0. The summed E-state index contributed by atoms with van der Waals surface area (Å²) >= 11 is 0. The molecule has 0 saturated carbocycles. The van der Waals surface area contributed by atoms with Crippen LogP contribution >= 0.6 is 0 Å². The molecule has 0 aliphatic carbocycles. The summed E-state index contributed by atoms with van der Waals surface area (Å²) in [6.07, 6.45) is 7.91. The molecule has 0 N–H and O–H groups in total. The molecule has 2 aromatic carbocycles. The lowest BCUT2D eigenvalue weighted by Gasteiger charge is -2.26. The van der Waals surface area contributed by atoms with Crippen molar-refractivity contribution in [1.29, 1.82) is 0 Å².